The second kappa shape index (κ2) is 8.12. The Bertz CT molecular complexity index is 1060. The first-order valence-corrected chi connectivity index (χ1v) is 10.9. The van der Waals surface area contributed by atoms with Crippen LogP contribution in [0.1, 0.15) is 12.8 Å². The fraction of sp³-hybridized carbons (Fsp3) is 0.300. The van der Waals surface area contributed by atoms with Gasteiger partial charge in [-0.05, 0) is 35.7 Å². The minimum atomic E-state index is -3.56. The van der Waals surface area contributed by atoms with E-state index in [1.165, 1.54) is 19.2 Å². The molecule has 0 amide bonds. The van der Waals surface area contributed by atoms with E-state index in [9.17, 15) is 8.42 Å². The third-order valence-electron chi connectivity index (χ3n) is 4.84. The van der Waals surface area contributed by atoms with Gasteiger partial charge >= 0.3 is 0 Å². The van der Waals surface area contributed by atoms with Gasteiger partial charge in [-0.2, -0.15) is 0 Å². The Balaban J connectivity index is 1.34. The van der Waals surface area contributed by atoms with Crippen molar-refractivity contribution in [3.05, 3.63) is 54.9 Å². The van der Waals surface area contributed by atoms with Crippen molar-refractivity contribution in [3.8, 4) is 0 Å². The molecule has 3 aromatic rings. The van der Waals surface area contributed by atoms with E-state index in [4.69, 9.17) is 0 Å². The molecule has 8 heteroatoms. The lowest BCUT2D eigenvalue weighted by atomic mass is 10.1. The molecule has 1 aliphatic heterocycles. The molecule has 1 saturated heterocycles. The number of aromatic nitrogens is 2. The summed E-state index contributed by atoms with van der Waals surface area (Å²) < 4.78 is 27.7. The number of rotatable bonds is 7. The molecule has 0 unspecified atom stereocenters. The van der Waals surface area contributed by atoms with Gasteiger partial charge in [-0.3, -0.25) is 0 Å². The van der Waals surface area contributed by atoms with Crippen LogP contribution in [0, 0.1) is 0 Å². The molecule has 28 heavy (non-hydrogen) atoms. The average molecular weight is 398 g/mol. The van der Waals surface area contributed by atoms with E-state index in [1.807, 2.05) is 36.4 Å². The van der Waals surface area contributed by atoms with Crippen LogP contribution in [0.15, 0.2) is 59.8 Å². The molecule has 0 radical (unpaired) electrons. The standard InChI is InChI=1S/C20H23N5O2S/c26-28(27,18-8-7-16-5-1-2-6-17(16)13-18)24-10-9-21-19-14-20(23-15-22-19)25-11-3-4-12-25/h1-2,5-8,13-15,24H,3-4,9-12H2,(H,21,22,23). The number of nitrogens with one attached hydrogen (secondary N) is 2. The first kappa shape index (κ1) is 18.6. The molecule has 0 spiro atoms. The maximum Gasteiger partial charge on any atom is 0.240 e. The van der Waals surface area contributed by atoms with Crippen LogP contribution >= 0.6 is 0 Å². The molecule has 7 nitrogen and oxygen atoms in total. The molecule has 1 fully saturated rings. The van der Waals surface area contributed by atoms with Gasteiger partial charge in [-0.15, -0.1) is 0 Å². The normalized spacial score (nSPS) is 14.5. The summed E-state index contributed by atoms with van der Waals surface area (Å²) in [6.45, 7) is 2.73. The van der Waals surface area contributed by atoms with Crippen molar-refractivity contribution < 1.29 is 8.42 Å². The largest absolute Gasteiger partial charge is 0.369 e. The lowest BCUT2D eigenvalue weighted by Gasteiger charge is -2.16. The summed E-state index contributed by atoms with van der Waals surface area (Å²) in [5, 5.41) is 5.07. The quantitative estimate of drug-likeness (QED) is 0.596. The first-order valence-electron chi connectivity index (χ1n) is 9.41. The number of sulfonamides is 1. The molecule has 146 valence electrons. The molecule has 4 rings (SSSR count). The molecular weight excluding hydrogens is 374 g/mol. The lowest BCUT2D eigenvalue weighted by Crippen LogP contribution is -2.29. The van der Waals surface area contributed by atoms with Gasteiger partial charge in [0.25, 0.3) is 0 Å². The molecular formula is C20H23N5O2S. The fourth-order valence-electron chi connectivity index (χ4n) is 3.36. The minimum Gasteiger partial charge on any atom is -0.369 e. The number of nitrogens with zero attached hydrogens (tertiary/aromatic N) is 3. The van der Waals surface area contributed by atoms with Gasteiger partial charge in [0.05, 0.1) is 4.90 Å². The van der Waals surface area contributed by atoms with E-state index in [0.717, 1.165) is 29.7 Å². The Kier molecular flexibility index (Phi) is 5.40. The molecule has 1 aromatic heterocycles. The smallest absolute Gasteiger partial charge is 0.240 e. The first-order chi connectivity index (χ1) is 13.6. The van der Waals surface area contributed by atoms with Crippen molar-refractivity contribution in [2.45, 2.75) is 17.7 Å². The topological polar surface area (TPSA) is 87.2 Å². The van der Waals surface area contributed by atoms with Gasteiger partial charge in [0.15, 0.2) is 0 Å². The van der Waals surface area contributed by atoms with E-state index in [1.54, 1.807) is 12.1 Å². The maximum atomic E-state index is 12.5. The van der Waals surface area contributed by atoms with Crippen LogP contribution in [0.25, 0.3) is 10.8 Å². The number of hydrogen-bond acceptors (Lipinski definition) is 6. The predicted octanol–water partition coefficient (Wildman–Crippen LogP) is 2.62. The second-order valence-electron chi connectivity index (χ2n) is 6.79. The Labute approximate surface area is 164 Å². The zero-order chi connectivity index (χ0) is 19.4. The third-order valence-corrected chi connectivity index (χ3v) is 6.30. The minimum absolute atomic E-state index is 0.262. The SMILES string of the molecule is O=S(=O)(NCCNc1cc(N2CCCC2)ncn1)c1ccc2ccccc2c1. The Morgan fingerprint density at radius 2 is 1.71 bits per heavy atom. The van der Waals surface area contributed by atoms with Crippen molar-refractivity contribution in [2.24, 2.45) is 0 Å². The van der Waals surface area contributed by atoms with Crippen LogP contribution in [-0.2, 0) is 10.0 Å². The number of benzene rings is 2. The molecule has 0 aliphatic carbocycles. The van der Waals surface area contributed by atoms with Crippen LogP contribution < -0.4 is 14.9 Å². The zero-order valence-corrected chi connectivity index (χ0v) is 16.3. The van der Waals surface area contributed by atoms with E-state index in [0.29, 0.717) is 12.4 Å². The van der Waals surface area contributed by atoms with Crippen molar-refractivity contribution in [3.63, 3.8) is 0 Å². The van der Waals surface area contributed by atoms with Crippen LogP contribution in [-0.4, -0.2) is 44.6 Å². The summed E-state index contributed by atoms with van der Waals surface area (Å²) in [5.41, 5.74) is 0. The van der Waals surface area contributed by atoms with Gasteiger partial charge < -0.3 is 10.2 Å². The summed E-state index contributed by atoms with van der Waals surface area (Å²) in [5.74, 6) is 1.61. The summed E-state index contributed by atoms with van der Waals surface area (Å²) in [6.07, 6.45) is 3.90. The van der Waals surface area contributed by atoms with Crippen LogP contribution in [0.3, 0.4) is 0 Å². The van der Waals surface area contributed by atoms with Gasteiger partial charge in [0.1, 0.15) is 18.0 Å². The van der Waals surface area contributed by atoms with Crippen LogP contribution in [0.2, 0.25) is 0 Å². The van der Waals surface area contributed by atoms with Gasteiger partial charge in [-0.1, -0.05) is 30.3 Å². The highest BCUT2D eigenvalue weighted by Gasteiger charge is 2.15. The Morgan fingerprint density at radius 3 is 2.54 bits per heavy atom. The molecule has 1 aliphatic rings. The van der Waals surface area contributed by atoms with E-state index in [-0.39, 0.29) is 11.4 Å². The maximum absolute atomic E-state index is 12.5. The monoisotopic (exact) mass is 397 g/mol. The summed E-state index contributed by atoms with van der Waals surface area (Å²) in [4.78, 5) is 11.0. The van der Waals surface area contributed by atoms with Crippen molar-refractivity contribution in [2.75, 3.05) is 36.4 Å². The van der Waals surface area contributed by atoms with Gasteiger partial charge in [0.2, 0.25) is 10.0 Å². The number of fused-ring (bicyclic) bond motifs is 1. The lowest BCUT2D eigenvalue weighted by molar-refractivity contribution is 0.583. The van der Waals surface area contributed by atoms with Crippen molar-refractivity contribution in [1.29, 1.82) is 0 Å². The highest BCUT2D eigenvalue weighted by molar-refractivity contribution is 7.89. The van der Waals surface area contributed by atoms with E-state index < -0.39 is 10.0 Å². The number of anilines is 2. The van der Waals surface area contributed by atoms with Gasteiger partial charge in [-0.25, -0.2) is 23.1 Å². The molecule has 2 heterocycles. The Hall–Kier alpha value is -2.71. The van der Waals surface area contributed by atoms with Crippen LogP contribution in [0.4, 0.5) is 11.6 Å². The van der Waals surface area contributed by atoms with E-state index >= 15 is 0 Å². The summed E-state index contributed by atoms with van der Waals surface area (Å²) >= 11 is 0. The van der Waals surface area contributed by atoms with Crippen molar-refractivity contribution in [1.82, 2.24) is 14.7 Å². The predicted molar refractivity (Wildman–Crippen MR) is 111 cm³/mol. The highest BCUT2D eigenvalue weighted by Crippen LogP contribution is 2.20. The summed E-state index contributed by atoms with van der Waals surface area (Å²) in [7, 11) is -3.56. The average Bonchev–Trinajstić information content (AvgIpc) is 3.26. The molecule has 0 saturated carbocycles. The third kappa shape index (κ3) is 4.23. The molecule has 2 aromatic carbocycles. The molecule has 0 atom stereocenters. The zero-order valence-electron chi connectivity index (χ0n) is 15.5. The van der Waals surface area contributed by atoms with Crippen LogP contribution in [0.5, 0.6) is 0 Å². The van der Waals surface area contributed by atoms with Crippen molar-refractivity contribution >= 4 is 32.4 Å². The number of hydrogen-bond donors (Lipinski definition) is 2. The molecule has 2 N–H and O–H groups in total. The fourth-order valence-corrected chi connectivity index (χ4v) is 4.42. The van der Waals surface area contributed by atoms with Gasteiger partial charge in [0, 0.05) is 32.2 Å². The highest BCUT2D eigenvalue weighted by atomic mass is 32.2. The molecule has 0 bridgehead atoms. The second-order valence-corrected chi connectivity index (χ2v) is 8.56. The summed E-state index contributed by atoms with van der Waals surface area (Å²) in [6, 6.07) is 14.7. The van der Waals surface area contributed by atoms with E-state index in [2.05, 4.69) is 24.9 Å². The Morgan fingerprint density at radius 1 is 0.929 bits per heavy atom.